The molecule has 1 aromatic rings. The van der Waals surface area contributed by atoms with E-state index in [-0.39, 0.29) is 5.54 Å². The highest BCUT2D eigenvalue weighted by Crippen LogP contribution is 2.39. The zero-order valence-electron chi connectivity index (χ0n) is 11.5. The molecule has 0 bridgehead atoms. The third-order valence-electron chi connectivity index (χ3n) is 4.28. The van der Waals surface area contributed by atoms with Crippen LogP contribution in [-0.2, 0) is 6.42 Å². The molecule has 1 aliphatic carbocycles. The van der Waals surface area contributed by atoms with Gasteiger partial charge in [-0.05, 0) is 50.2 Å². The minimum absolute atomic E-state index is 0.175. The number of rotatable bonds is 3. The zero-order chi connectivity index (χ0) is 12.8. The first kappa shape index (κ1) is 12.2. The molecule has 0 aromatic heterocycles. The maximum atomic E-state index is 6.47. The Bertz CT molecular complexity index is 429. The third-order valence-corrected chi connectivity index (χ3v) is 4.28. The summed E-state index contributed by atoms with van der Waals surface area (Å²) < 4.78 is 0. The molecular weight excluding hydrogens is 220 g/mol. The van der Waals surface area contributed by atoms with Crippen LogP contribution in [0.2, 0.25) is 0 Å². The Morgan fingerprint density at radius 1 is 1.28 bits per heavy atom. The number of nitrogens with two attached hydrogens (primary N) is 1. The van der Waals surface area contributed by atoms with Crippen LogP contribution in [-0.4, -0.2) is 23.5 Å². The lowest BCUT2D eigenvalue weighted by molar-refractivity contribution is 0.120. The minimum atomic E-state index is -0.175. The van der Waals surface area contributed by atoms with Gasteiger partial charge in [0.05, 0.1) is 6.04 Å². The van der Waals surface area contributed by atoms with Crippen molar-refractivity contribution in [2.45, 2.75) is 44.7 Å². The maximum absolute atomic E-state index is 6.47. The van der Waals surface area contributed by atoms with E-state index < -0.39 is 0 Å². The standard InChI is InChI=1S/C16H24N2/c1-16(2,17)15-14-6-4-3-5-13(14)9-10-18(15)11-12-7-8-12/h3-6,12,15H,7-11,17H2,1-2H3. The monoisotopic (exact) mass is 244 g/mol. The molecule has 1 heterocycles. The highest BCUT2D eigenvalue weighted by atomic mass is 15.2. The lowest BCUT2D eigenvalue weighted by atomic mass is 9.82. The van der Waals surface area contributed by atoms with Crippen LogP contribution in [0.3, 0.4) is 0 Å². The van der Waals surface area contributed by atoms with Crippen LogP contribution in [0.25, 0.3) is 0 Å². The summed E-state index contributed by atoms with van der Waals surface area (Å²) in [6, 6.07) is 9.22. The number of benzene rings is 1. The predicted octanol–water partition coefficient (Wildman–Crippen LogP) is 2.73. The van der Waals surface area contributed by atoms with Crippen molar-refractivity contribution in [2.24, 2.45) is 11.7 Å². The molecule has 2 aliphatic rings. The second kappa shape index (κ2) is 4.36. The van der Waals surface area contributed by atoms with Gasteiger partial charge in [0.1, 0.15) is 0 Å². The Hall–Kier alpha value is -0.860. The molecule has 2 nitrogen and oxygen atoms in total. The van der Waals surface area contributed by atoms with Crippen molar-refractivity contribution in [3.63, 3.8) is 0 Å². The summed E-state index contributed by atoms with van der Waals surface area (Å²) in [6.45, 7) is 6.73. The quantitative estimate of drug-likeness (QED) is 0.886. The molecule has 98 valence electrons. The molecule has 1 atom stereocenters. The van der Waals surface area contributed by atoms with Gasteiger partial charge < -0.3 is 5.73 Å². The highest BCUT2D eigenvalue weighted by molar-refractivity contribution is 5.34. The molecule has 3 rings (SSSR count). The molecule has 1 aliphatic heterocycles. The van der Waals surface area contributed by atoms with Crippen molar-refractivity contribution in [2.75, 3.05) is 13.1 Å². The Morgan fingerprint density at radius 3 is 2.67 bits per heavy atom. The van der Waals surface area contributed by atoms with Crippen molar-refractivity contribution >= 4 is 0 Å². The Kier molecular flexibility index (Phi) is 2.95. The van der Waals surface area contributed by atoms with E-state index in [2.05, 4.69) is 43.0 Å². The van der Waals surface area contributed by atoms with Crippen LogP contribution < -0.4 is 5.73 Å². The van der Waals surface area contributed by atoms with E-state index in [0.29, 0.717) is 6.04 Å². The van der Waals surface area contributed by atoms with Gasteiger partial charge >= 0.3 is 0 Å². The van der Waals surface area contributed by atoms with E-state index in [1.165, 1.54) is 43.5 Å². The molecule has 0 spiro atoms. The van der Waals surface area contributed by atoms with Crippen LogP contribution in [0, 0.1) is 5.92 Å². The average Bonchev–Trinajstić information content (AvgIpc) is 3.11. The molecule has 1 fully saturated rings. The first-order valence-corrected chi connectivity index (χ1v) is 7.16. The predicted molar refractivity (Wildman–Crippen MR) is 75.5 cm³/mol. The van der Waals surface area contributed by atoms with Gasteiger partial charge in [-0.1, -0.05) is 24.3 Å². The molecule has 1 aromatic carbocycles. The summed E-state index contributed by atoms with van der Waals surface area (Å²) in [4.78, 5) is 2.62. The van der Waals surface area contributed by atoms with Crippen LogP contribution >= 0.6 is 0 Å². The molecule has 0 amide bonds. The van der Waals surface area contributed by atoms with Gasteiger partial charge in [-0.15, -0.1) is 0 Å². The largest absolute Gasteiger partial charge is 0.324 e. The number of hydrogen-bond donors (Lipinski definition) is 1. The van der Waals surface area contributed by atoms with E-state index >= 15 is 0 Å². The van der Waals surface area contributed by atoms with E-state index in [4.69, 9.17) is 5.73 Å². The summed E-state index contributed by atoms with van der Waals surface area (Å²) in [5, 5.41) is 0. The first-order chi connectivity index (χ1) is 8.55. The van der Waals surface area contributed by atoms with E-state index in [9.17, 15) is 0 Å². The maximum Gasteiger partial charge on any atom is 0.0525 e. The van der Waals surface area contributed by atoms with Crippen molar-refractivity contribution in [1.29, 1.82) is 0 Å². The number of nitrogens with zero attached hydrogens (tertiary/aromatic N) is 1. The van der Waals surface area contributed by atoms with E-state index in [0.717, 1.165) is 5.92 Å². The van der Waals surface area contributed by atoms with Crippen molar-refractivity contribution in [3.05, 3.63) is 35.4 Å². The fourth-order valence-electron chi connectivity index (χ4n) is 3.32. The van der Waals surface area contributed by atoms with Crippen molar-refractivity contribution in [3.8, 4) is 0 Å². The molecule has 18 heavy (non-hydrogen) atoms. The summed E-state index contributed by atoms with van der Waals surface area (Å²) >= 11 is 0. The van der Waals surface area contributed by atoms with Gasteiger partial charge in [0.25, 0.3) is 0 Å². The van der Waals surface area contributed by atoms with Crippen molar-refractivity contribution in [1.82, 2.24) is 4.90 Å². The van der Waals surface area contributed by atoms with Crippen molar-refractivity contribution < 1.29 is 0 Å². The first-order valence-electron chi connectivity index (χ1n) is 7.16. The van der Waals surface area contributed by atoms with Gasteiger partial charge in [-0.25, -0.2) is 0 Å². The van der Waals surface area contributed by atoms with Gasteiger partial charge in [0.15, 0.2) is 0 Å². The highest BCUT2D eigenvalue weighted by Gasteiger charge is 2.38. The molecule has 2 heteroatoms. The SMILES string of the molecule is CC(C)(N)C1c2ccccc2CCN1CC1CC1. The molecular formula is C16H24N2. The fourth-order valence-corrected chi connectivity index (χ4v) is 3.32. The minimum Gasteiger partial charge on any atom is -0.324 e. The Morgan fingerprint density at radius 2 is 2.00 bits per heavy atom. The second-order valence-electron chi connectivity index (χ2n) is 6.61. The van der Waals surface area contributed by atoms with Gasteiger partial charge in [0, 0.05) is 18.6 Å². The molecule has 2 N–H and O–H groups in total. The average molecular weight is 244 g/mol. The van der Waals surface area contributed by atoms with Crippen LogP contribution in [0.1, 0.15) is 43.9 Å². The second-order valence-corrected chi connectivity index (χ2v) is 6.61. The zero-order valence-corrected chi connectivity index (χ0v) is 11.5. The Balaban J connectivity index is 1.93. The molecule has 1 saturated carbocycles. The topological polar surface area (TPSA) is 29.3 Å². The third kappa shape index (κ3) is 2.32. The van der Waals surface area contributed by atoms with Crippen LogP contribution in [0.5, 0.6) is 0 Å². The van der Waals surface area contributed by atoms with Crippen LogP contribution in [0.4, 0.5) is 0 Å². The molecule has 1 unspecified atom stereocenters. The molecule has 0 saturated heterocycles. The summed E-state index contributed by atoms with van der Waals surface area (Å²) in [5.41, 5.74) is 9.24. The van der Waals surface area contributed by atoms with E-state index in [1.807, 2.05) is 0 Å². The smallest absolute Gasteiger partial charge is 0.0525 e. The Labute approximate surface area is 110 Å². The number of hydrogen-bond acceptors (Lipinski definition) is 2. The van der Waals surface area contributed by atoms with Gasteiger partial charge in [0.2, 0.25) is 0 Å². The van der Waals surface area contributed by atoms with E-state index in [1.54, 1.807) is 0 Å². The van der Waals surface area contributed by atoms with Gasteiger partial charge in [-0.3, -0.25) is 4.90 Å². The lowest BCUT2D eigenvalue weighted by Gasteiger charge is -2.44. The summed E-state index contributed by atoms with van der Waals surface area (Å²) in [5.74, 6) is 0.931. The molecule has 0 radical (unpaired) electrons. The van der Waals surface area contributed by atoms with Crippen LogP contribution in [0.15, 0.2) is 24.3 Å². The fraction of sp³-hybridized carbons (Fsp3) is 0.625. The summed E-state index contributed by atoms with van der Waals surface area (Å²) in [6.07, 6.45) is 4.00. The normalized spacial score (nSPS) is 24.9. The lowest BCUT2D eigenvalue weighted by Crippen LogP contribution is -2.51. The number of fused-ring (bicyclic) bond motifs is 1. The summed E-state index contributed by atoms with van der Waals surface area (Å²) in [7, 11) is 0. The van der Waals surface area contributed by atoms with Gasteiger partial charge in [-0.2, -0.15) is 0 Å².